The highest BCUT2D eigenvalue weighted by atomic mass is 16.5. The largest absolute Gasteiger partial charge is 0.507 e. The summed E-state index contributed by atoms with van der Waals surface area (Å²) < 4.78 is 4.72. The number of methoxy groups -OCH3 is 1. The molecule has 0 aromatic heterocycles. The van der Waals surface area contributed by atoms with Crippen LogP contribution in [0.15, 0.2) is 12.1 Å². The van der Waals surface area contributed by atoms with Crippen molar-refractivity contribution in [2.24, 2.45) is 0 Å². The van der Waals surface area contributed by atoms with Gasteiger partial charge in [0, 0.05) is 26.2 Å². The third kappa shape index (κ3) is 3.32. The summed E-state index contributed by atoms with van der Waals surface area (Å²) in [5, 5.41) is 10.1. The molecule has 0 unspecified atom stereocenters. The summed E-state index contributed by atoms with van der Waals surface area (Å²) in [6.07, 6.45) is 0.315. The number of benzene rings is 1. The van der Waals surface area contributed by atoms with Crippen molar-refractivity contribution < 1.29 is 19.4 Å². The van der Waals surface area contributed by atoms with Gasteiger partial charge in [-0.2, -0.15) is 0 Å². The fourth-order valence-electron chi connectivity index (χ4n) is 2.73. The summed E-state index contributed by atoms with van der Waals surface area (Å²) in [4.78, 5) is 27.5. The maximum Gasteiger partial charge on any atom is 0.409 e. The van der Waals surface area contributed by atoms with Crippen molar-refractivity contribution in [2.75, 3.05) is 33.3 Å². The van der Waals surface area contributed by atoms with Crippen LogP contribution in [0.25, 0.3) is 0 Å². The molecular weight excluding hydrogens is 284 g/mol. The number of carbonyl (C=O) groups excluding carboxylic acids is 2. The van der Waals surface area contributed by atoms with Crippen molar-refractivity contribution in [1.82, 2.24) is 9.80 Å². The standard InChI is InChI=1S/C16H22N2O4/c1-11-9-12(2)14(19)13(10-11)15(20)17-5-4-6-18(8-7-17)16(21)22-3/h9-10,19H,4-8H2,1-3H3. The Morgan fingerprint density at radius 3 is 2.41 bits per heavy atom. The molecular formula is C16H22N2O4. The number of aryl methyl sites for hydroxylation is 2. The highest BCUT2D eigenvalue weighted by molar-refractivity contribution is 5.97. The molecule has 1 aliphatic rings. The lowest BCUT2D eigenvalue weighted by atomic mass is 10.0. The van der Waals surface area contributed by atoms with E-state index in [0.29, 0.717) is 43.7 Å². The van der Waals surface area contributed by atoms with Crippen LogP contribution in [0.2, 0.25) is 0 Å². The van der Waals surface area contributed by atoms with Crippen LogP contribution in [0, 0.1) is 13.8 Å². The quantitative estimate of drug-likeness (QED) is 0.860. The summed E-state index contributed by atoms with van der Waals surface area (Å²) in [5.74, 6) is -0.166. The molecule has 1 fully saturated rings. The van der Waals surface area contributed by atoms with Crippen molar-refractivity contribution in [2.45, 2.75) is 20.3 Å². The molecule has 0 radical (unpaired) electrons. The number of amides is 2. The number of phenols is 1. The molecule has 0 spiro atoms. The average Bonchev–Trinajstić information content (AvgIpc) is 2.75. The van der Waals surface area contributed by atoms with Crippen LogP contribution in [0.4, 0.5) is 4.79 Å². The minimum absolute atomic E-state index is 0.0321. The van der Waals surface area contributed by atoms with Gasteiger partial charge in [0.25, 0.3) is 5.91 Å². The van der Waals surface area contributed by atoms with E-state index in [1.165, 1.54) is 7.11 Å². The smallest absolute Gasteiger partial charge is 0.409 e. The summed E-state index contributed by atoms with van der Waals surface area (Å²) in [6.45, 7) is 5.66. The van der Waals surface area contributed by atoms with E-state index in [4.69, 9.17) is 4.74 Å². The monoisotopic (exact) mass is 306 g/mol. The molecule has 6 heteroatoms. The summed E-state index contributed by atoms with van der Waals surface area (Å²) in [7, 11) is 1.35. The molecule has 0 bridgehead atoms. The van der Waals surface area contributed by atoms with Gasteiger partial charge < -0.3 is 19.6 Å². The molecule has 22 heavy (non-hydrogen) atoms. The molecule has 120 valence electrons. The van der Waals surface area contributed by atoms with Gasteiger partial charge in [0.05, 0.1) is 12.7 Å². The summed E-state index contributed by atoms with van der Waals surface area (Å²) in [6, 6.07) is 3.54. The van der Waals surface area contributed by atoms with Crippen LogP contribution >= 0.6 is 0 Å². The minimum atomic E-state index is -0.372. The fraction of sp³-hybridized carbons (Fsp3) is 0.500. The zero-order valence-corrected chi connectivity index (χ0v) is 13.3. The van der Waals surface area contributed by atoms with E-state index in [-0.39, 0.29) is 17.7 Å². The predicted octanol–water partition coefficient (Wildman–Crippen LogP) is 1.92. The van der Waals surface area contributed by atoms with Crippen LogP contribution < -0.4 is 0 Å². The van der Waals surface area contributed by atoms with E-state index in [1.54, 1.807) is 22.8 Å². The van der Waals surface area contributed by atoms with Crippen LogP contribution in [0.5, 0.6) is 5.75 Å². The van der Waals surface area contributed by atoms with E-state index in [9.17, 15) is 14.7 Å². The first-order valence-electron chi connectivity index (χ1n) is 7.36. The third-order valence-electron chi connectivity index (χ3n) is 3.89. The van der Waals surface area contributed by atoms with E-state index in [1.807, 2.05) is 13.0 Å². The van der Waals surface area contributed by atoms with Crippen LogP contribution in [0.3, 0.4) is 0 Å². The lowest BCUT2D eigenvalue weighted by Gasteiger charge is -2.22. The normalized spacial score (nSPS) is 15.4. The number of ether oxygens (including phenoxy) is 1. The Morgan fingerprint density at radius 1 is 1.09 bits per heavy atom. The number of rotatable bonds is 1. The Hall–Kier alpha value is -2.24. The second-order valence-electron chi connectivity index (χ2n) is 5.58. The molecule has 0 atom stereocenters. The Labute approximate surface area is 130 Å². The molecule has 0 aliphatic carbocycles. The lowest BCUT2D eigenvalue weighted by Crippen LogP contribution is -2.37. The molecule has 0 saturated carbocycles. The van der Waals surface area contributed by atoms with E-state index in [0.717, 1.165) is 5.56 Å². The van der Waals surface area contributed by atoms with Crippen molar-refractivity contribution in [1.29, 1.82) is 0 Å². The van der Waals surface area contributed by atoms with Gasteiger partial charge >= 0.3 is 6.09 Å². The maximum absolute atomic E-state index is 12.7. The first-order valence-corrected chi connectivity index (χ1v) is 7.36. The van der Waals surface area contributed by atoms with E-state index < -0.39 is 0 Å². The molecule has 1 N–H and O–H groups in total. The zero-order valence-electron chi connectivity index (χ0n) is 13.3. The minimum Gasteiger partial charge on any atom is -0.507 e. The van der Waals surface area contributed by atoms with Gasteiger partial charge in [-0.05, 0) is 37.5 Å². The number of hydrogen-bond donors (Lipinski definition) is 1. The predicted molar refractivity (Wildman–Crippen MR) is 82.1 cm³/mol. The van der Waals surface area contributed by atoms with Crippen molar-refractivity contribution in [3.8, 4) is 5.75 Å². The number of phenolic OH excluding ortho intramolecular Hbond substituents is 1. The van der Waals surface area contributed by atoms with Crippen molar-refractivity contribution >= 4 is 12.0 Å². The van der Waals surface area contributed by atoms with Crippen LogP contribution in [-0.4, -0.2) is 60.2 Å². The molecule has 2 rings (SSSR count). The van der Waals surface area contributed by atoms with Gasteiger partial charge in [-0.3, -0.25) is 4.79 Å². The van der Waals surface area contributed by atoms with Gasteiger partial charge in [0.1, 0.15) is 5.75 Å². The number of aromatic hydroxyl groups is 1. The zero-order chi connectivity index (χ0) is 16.3. The Morgan fingerprint density at radius 2 is 1.73 bits per heavy atom. The number of hydrogen-bond acceptors (Lipinski definition) is 4. The summed E-state index contributed by atoms with van der Waals surface area (Å²) in [5.41, 5.74) is 1.95. The second kappa shape index (κ2) is 6.68. The molecule has 1 heterocycles. The van der Waals surface area contributed by atoms with Gasteiger partial charge in [-0.25, -0.2) is 4.79 Å². The summed E-state index contributed by atoms with van der Waals surface area (Å²) >= 11 is 0. The van der Waals surface area contributed by atoms with Gasteiger partial charge in [0.15, 0.2) is 0 Å². The Bertz CT molecular complexity index is 586. The van der Waals surface area contributed by atoms with Gasteiger partial charge in [-0.15, -0.1) is 0 Å². The highest BCUT2D eigenvalue weighted by Gasteiger charge is 2.25. The Balaban J connectivity index is 2.15. The first kappa shape index (κ1) is 16.1. The molecule has 1 aliphatic heterocycles. The van der Waals surface area contributed by atoms with Crippen LogP contribution in [-0.2, 0) is 4.74 Å². The third-order valence-corrected chi connectivity index (χ3v) is 3.89. The van der Waals surface area contributed by atoms with E-state index >= 15 is 0 Å². The SMILES string of the molecule is COC(=O)N1CCCN(C(=O)c2cc(C)cc(C)c2O)CC1. The van der Waals surface area contributed by atoms with Crippen molar-refractivity contribution in [3.63, 3.8) is 0 Å². The van der Waals surface area contributed by atoms with Gasteiger partial charge in [-0.1, -0.05) is 6.07 Å². The second-order valence-corrected chi connectivity index (χ2v) is 5.58. The van der Waals surface area contributed by atoms with Crippen LogP contribution in [0.1, 0.15) is 27.9 Å². The maximum atomic E-state index is 12.7. The number of nitrogens with zero attached hydrogens (tertiary/aromatic N) is 2. The lowest BCUT2D eigenvalue weighted by molar-refractivity contribution is 0.0754. The molecule has 6 nitrogen and oxygen atoms in total. The highest BCUT2D eigenvalue weighted by Crippen LogP contribution is 2.25. The van der Waals surface area contributed by atoms with Crippen molar-refractivity contribution in [3.05, 3.63) is 28.8 Å². The molecule has 1 aromatic rings. The first-order chi connectivity index (χ1) is 10.4. The molecule has 1 saturated heterocycles. The van der Waals surface area contributed by atoms with E-state index in [2.05, 4.69) is 0 Å². The van der Waals surface area contributed by atoms with Gasteiger partial charge in [0.2, 0.25) is 0 Å². The average molecular weight is 306 g/mol. The molecule has 2 amide bonds. The molecule has 1 aromatic carbocycles. The fourth-order valence-corrected chi connectivity index (χ4v) is 2.73. The Kier molecular flexibility index (Phi) is 4.90. The number of carbonyl (C=O) groups is 2. The topological polar surface area (TPSA) is 70.1 Å².